The minimum Gasteiger partial charge on any atom is -0.387 e. The van der Waals surface area contributed by atoms with Gasteiger partial charge in [0.1, 0.15) is 18.9 Å². The number of ether oxygens (including phenoxy) is 1. The third kappa shape index (κ3) is 5.85. The van der Waals surface area contributed by atoms with Crippen molar-refractivity contribution < 1.29 is 65.0 Å². The number of H-pyrrole nitrogens is 1. The molecule has 7 atom stereocenters. The average Bonchev–Trinajstić information content (AvgIpc) is 3.18. The number of aliphatic hydroxyl groups excluding tert-OH is 1. The van der Waals surface area contributed by atoms with Gasteiger partial charge in [-0.25, -0.2) is 27.5 Å². The summed E-state index contributed by atoms with van der Waals surface area (Å²) in [4.78, 5) is 57.5. The zero-order valence-electron chi connectivity index (χ0n) is 17.1. The number of nitrogen functional groups attached to an aromatic ring is 1. The van der Waals surface area contributed by atoms with Gasteiger partial charge < -0.3 is 35.2 Å². The number of fused-ring (bicyclic) bond motifs is 1. The molecule has 0 aliphatic carbocycles. The predicted molar refractivity (Wildman–Crippen MR) is 107 cm³/mol. The second-order valence-corrected chi connectivity index (χ2v) is 11.5. The molecule has 2 aromatic heterocycles. The van der Waals surface area contributed by atoms with Crippen LogP contribution in [0.15, 0.2) is 11.1 Å². The topological polar surface area (TPSA) is 279 Å². The summed E-state index contributed by atoms with van der Waals surface area (Å²) < 4.78 is 81.2. The molecule has 3 heterocycles. The second kappa shape index (κ2) is 9.33. The summed E-state index contributed by atoms with van der Waals surface area (Å²) in [5, 5.41) is 10.4. The van der Waals surface area contributed by atoms with E-state index in [4.69, 9.17) is 20.3 Å². The van der Waals surface area contributed by atoms with Crippen LogP contribution in [-0.2, 0) is 31.6 Å². The lowest BCUT2D eigenvalue weighted by Gasteiger charge is -2.26. The summed E-state index contributed by atoms with van der Waals surface area (Å²) in [5.74, 6) is -0.412. The maximum Gasteiger partial charge on any atom is 0.490 e. The van der Waals surface area contributed by atoms with Crippen LogP contribution in [0.5, 0.6) is 0 Å². The normalized spacial score (nSPS) is 29.7. The third-order valence-corrected chi connectivity index (χ3v) is 8.51. The summed E-state index contributed by atoms with van der Waals surface area (Å²) in [7, 11) is -17.2. The molecule has 3 rings (SSSR count). The lowest BCUT2D eigenvalue weighted by atomic mass is 9.95. The molecule has 35 heavy (non-hydrogen) atoms. The van der Waals surface area contributed by atoms with E-state index >= 15 is 4.39 Å². The van der Waals surface area contributed by atoms with Crippen molar-refractivity contribution in [3.8, 4) is 0 Å². The number of anilines is 1. The molecule has 0 amide bonds. The maximum absolute atomic E-state index is 15.5. The van der Waals surface area contributed by atoms with E-state index in [-0.39, 0.29) is 11.2 Å². The number of nitrogens with two attached hydrogens (primary N) is 1. The van der Waals surface area contributed by atoms with Gasteiger partial charge in [0.25, 0.3) is 5.56 Å². The van der Waals surface area contributed by atoms with E-state index in [1.165, 1.54) is 0 Å². The smallest absolute Gasteiger partial charge is 0.387 e. The Morgan fingerprint density at radius 1 is 1.29 bits per heavy atom. The Kier molecular flexibility index (Phi) is 7.44. The van der Waals surface area contributed by atoms with Gasteiger partial charge in [0.05, 0.1) is 12.4 Å². The Hall–Kier alpha value is -1.66. The van der Waals surface area contributed by atoms with Crippen molar-refractivity contribution in [2.75, 3.05) is 12.4 Å². The first kappa shape index (κ1) is 27.9. The number of rotatable bonds is 9. The number of halogens is 2. The van der Waals surface area contributed by atoms with Crippen LogP contribution < -0.4 is 11.3 Å². The average molecular weight is 571 g/mol. The highest BCUT2D eigenvalue weighted by Crippen LogP contribution is 2.66. The molecule has 18 nitrogen and oxygen atoms in total. The van der Waals surface area contributed by atoms with Crippen molar-refractivity contribution in [2.45, 2.75) is 37.1 Å². The number of hydrogen-bond donors (Lipinski definition) is 7. The van der Waals surface area contributed by atoms with Gasteiger partial charge in [-0.1, -0.05) is 0 Å². The summed E-state index contributed by atoms with van der Waals surface area (Å²) in [6.45, 7) is -0.990. The van der Waals surface area contributed by atoms with Crippen LogP contribution in [0.1, 0.15) is 13.2 Å². The van der Waals surface area contributed by atoms with Crippen LogP contribution in [0.4, 0.5) is 14.7 Å². The number of aromatic nitrogens is 4. The standard InChI is InChI=1S/C12H18F2N5O13P3/c1-4(30-34(25,26)32-35(27,28)31-33(22,23)24)6-7(20)12(14,2-13)10(29-6)19-3-16-5-8(19)17-11(15)18-9(5)21/h3-4,6-7,10,20H,2H2,1H3,(H,25,26)(H,27,28)(H2,22,23,24)(H3,15,17,18,21)/t4-,6+,7?,10+,12+/m0/s1. The van der Waals surface area contributed by atoms with Crippen LogP contribution in [0.3, 0.4) is 0 Å². The fourth-order valence-electron chi connectivity index (χ4n) is 3.25. The lowest BCUT2D eigenvalue weighted by molar-refractivity contribution is -0.0819. The summed E-state index contributed by atoms with van der Waals surface area (Å²) in [5.41, 5.74) is 0.661. The lowest BCUT2D eigenvalue weighted by Crippen LogP contribution is -2.46. The first-order valence-corrected chi connectivity index (χ1v) is 13.5. The van der Waals surface area contributed by atoms with Crippen molar-refractivity contribution in [3.63, 3.8) is 0 Å². The van der Waals surface area contributed by atoms with Gasteiger partial charge in [-0.05, 0) is 6.92 Å². The molecule has 1 fully saturated rings. The predicted octanol–water partition coefficient (Wildman–Crippen LogP) is -0.630. The zero-order valence-corrected chi connectivity index (χ0v) is 19.8. The molecule has 2 aromatic rings. The highest BCUT2D eigenvalue weighted by atomic mass is 31.3. The highest BCUT2D eigenvalue weighted by Gasteiger charge is 2.61. The van der Waals surface area contributed by atoms with Crippen LogP contribution >= 0.6 is 23.5 Å². The van der Waals surface area contributed by atoms with Crippen LogP contribution in [0.25, 0.3) is 11.2 Å². The van der Waals surface area contributed by atoms with E-state index in [1.807, 2.05) is 0 Å². The third-order valence-electron chi connectivity index (χ3n) is 4.59. The van der Waals surface area contributed by atoms with Crippen molar-refractivity contribution in [1.29, 1.82) is 0 Å². The van der Waals surface area contributed by atoms with Gasteiger partial charge in [-0.3, -0.25) is 18.9 Å². The van der Waals surface area contributed by atoms with Crippen molar-refractivity contribution in [2.24, 2.45) is 0 Å². The Morgan fingerprint density at radius 2 is 1.91 bits per heavy atom. The van der Waals surface area contributed by atoms with E-state index in [9.17, 15) is 37.8 Å². The van der Waals surface area contributed by atoms with Gasteiger partial charge in [0.15, 0.2) is 17.4 Å². The second-order valence-electron chi connectivity index (χ2n) is 7.14. The Morgan fingerprint density at radius 3 is 2.49 bits per heavy atom. The molecule has 0 bridgehead atoms. The number of aromatic amines is 1. The molecule has 0 saturated carbocycles. The summed E-state index contributed by atoms with van der Waals surface area (Å²) in [6, 6.07) is 0. The number of phosphoric ester groups is 1. The van der Waals surface area contributed by atoms with Gasteiger partial charge in [0.2, 0.25) is 11.6 Å². The number of hydrogen-bond acceptors (Lipinski definition) is 12. The van der Waals surface area contributed by atoms with E-state index in [2.05, 4.69) is 28.1 Å². The van der Waals surface area contributed by atoms with Gasteiger partial charge in [-0.2, -0.15) is 13.6 Å². The van der Waals surface area contributed by atoms with Crippen molar-refractivity contribution in [1.82, 2.24) is 19.5 Å². The minimum atomic E-state index is -5.86. The molecule has 1 aliphatic heterocycles. The van der Waals surface area contributed by atoms with Crippen LogP contribution in [-0.4, -0.2) is 74.9 Å². The Labute approximate surface area is 192 Å². The number of nitrogens with zero attached hydrogens (tertiary/aromatic N) is 3. The zero-order chi connectivity index (χ0) is 26.6. The molecular formula is C12H18F2N5O13P3. The molecule has 8 N–H and O–H groups in total. The maximum atomic E-state index is 15.5. The number of imidazole rings is 1. The van der Waals surface area contributed by atoms with E-state index < -0.39 is 71.9 Å². The van der Waals surface area contributed by atoms with Gasteiger partial charge in [-0.15, -0.1) is 0 Å². The monoisotopic (exact) mass is 571 g/mol. The molecule has 1 saturated heterocycles. The molecule has 0 radical (unpaired) electrons. The highest BCUT2D eigenvalue weighted by molar-refractivity contribution is 7.66. The minimum absolute atomic E-state index is 0.344. The largest absolute Gasteiger partial charge is 0.490 e. The number of nitrogens with one attached hydrogen (secondary N) is 1. The molecule has 3 unspecified atom stereocenters. The Bertz CT molecular complexity index is 1320. The fourth-order valence-corrected chi connectivity index (χ4v) is 6.45. The fraction of sp³-hybridized carbons (Fsp3) is 0.583. The molecular weight excluding hydrogens is 553 g/mol. The molecule has 23 heteroatoms. The molecule has 0 spiro atoms. The number of alkyl halides is 2. The SMILES string of the molecule is C[C@H](OP(=O)(O)OP(=O)(O)OP(=O)(O)O)[C@H]1O[C@@H](n2cnc3c(=O)[nH]c(N)nc32)[C@@](F)(CF)C1O. The quantitative estimate of drug-likeness (QED) is 0.184. The molecule has 198 valence electrons. The number of phosphoric acid groups is 3. The first-order chi connectivity index (χ1) is 15.9. The van der Waals surface area contributed by atoms with Gasteiger partial charge >= 0.3 is 23.5 Å². The summed E-state index contributed by atoms with van der Waals surface area (Å²) in [6.07, 6.45) is -7.49. The first-order valence-electron chi connectivity index (χ1n) is 9.02. The van der Waals surface area contributed by atoms with E-state index in [0.717, 1.165) is 17.8 Å². The number of aliphatic hydroxyl groups is 1. The van der Waals surface area contributed by atoms with E-state index in [1.54, 1.807) is 0 Å². The molecule has 0 aromatic carbocycles. The summed E-state index contributed by atoms with van der Waals surface area (Å²) >= 11 is 0. The van der Waals surface area contributed by atoms with E-state index in [0.29, 0.717) is 0 Å². The van der Waals surface area contributed by atoms with Crippen molar-refractivity contribution >= 4 is 40.6 Å². The van der Waals surface area contributed by atoms with Gasteiger partial charge in [0, 0.05) is 0 Å². The Balaban J connectivity index is 1.88. The van der Waals surface area contributed by atoms with Crippen LogP contribution in [0.2, 0.25) is 0 Å². The van der Waals surface area contributed by atoms with Crippen LogP contribution in [0, 0.1) is 0 Å². The van der Waals surface area contributed by atoms with Crippen molar-refractivity contribution in [3.05, 3.63) is 16.7 Å². The molecule has 1 aliphatic rings.